The molecule has 102 valence electrons. The van der Waals surface area contributed by atoms with Crippen LogP contribution in [-0.2, 0) is 0 Å². The molecule has 3 atom stereocenters. The fraction of sp³-hybridized carbons (Fsp3) is 0.385. The van der Waals surface area contributed by atoms with Gasteiger partial charge < -0.3 is 0 Å². The predicted octanol–water partition coefficient (Wildman–Crippen LogP) is 5.47. The monoisotopic (exact) mass is 342 g/mol. The summed E-state index contributed by atoms with van der Waals surface area (Å²) in [7, 11) is 0. The third-order valence-corrected chi connectivity index (χ3v) is 6.54. The number of hydrogen-bond donors (Lipinski definition) is 0. The van der Waals surface area contributed by atoms with E-state index in [1.165, 1.54) is 0 Å². The zero-order valence-electron chi connectivity index (χ0n) is 9.44. The molecule has 1 saturated carbocycles. The molecule has 0 heterocycles. The van der Waals surface area contributed by atoms with Gasteiger partial charge in [0, 0.05) is 5.92 Å². The fourth-order valence-electron chi connectivity index (χ4n) is 2.94. The van der Waals surface area contributed by atoms with Crippen LogP contribution in [0.4, 0.5) is 8.78 Å². The Labute approximate surface area is 129 Å². The lowest BCUT2D eigenvalue weighted by atomic mass is 9.85. The average molecular weight is 344 g/mol. The van der Waals surface area contributed by atoms with Crippen LogP contribution in [0.15, 0.2) is 40.4 Å². The van der Waals surface area contributed by atoms with Crippen LogP contribution >= 0.6 is 46.4 Å². The molecule has 1 fully saturated rings. The molecule has 0 spiro atoms. The summed E-state index contributed by atoms with van der Waals surface area (Å²) in [5.41, 5.74) is 0.682. The second-order valence-electron chi connectivity index (χ2n) is 4.88. The highest BCUT2D eigenvalue weighted by molar-refractivity contribution is 6.52. The van der Waals surface area contributed by atoms with E-state index in [1.807, 2.05) is 0 Å². The zero-order valence-corrected chi connectivity index (χ0v) is 12.5. The highest BCUT2D eigenvalue weighted by Gasteiger charge is 2.81. The Balaban J connectivity index is 2.20. The van der Waals surface area contributed by atoms with Gasteiger partial charge in [-0.3, -0.25) is 0 Å². The van der Waals surface area contributed by atoms with Gasteiger partial charge in [0.05, 0.1) is 10.1 Å². The van der Waals surface area contributed by atoms with Crippen molar-refractivity contribution < 1.29 is 8.78 Å². The summed E-state index contributed by atoms with van der Waals surface area (Å²) in [5, 5.41) is -0.473. The van der Waals surface area contributed by atoms with Gasteiger partial charge in [-0.25, -0.2) is 8.78 Å². The molecule has 2 aliphatic rings. The number of fused-ring (bicyclic) bond motifs is 2. The highest BCUT2D eigenvalue weighted by Crippen LogP contribution is 2.74. The van der Waals surface area contributed by atoms with Crippen LogP contribution in [-0.4, -0.2) is 15.7 Å². The molecule has 3 rings (SSSR count). The van der Waals surface area contributed by atoms with E-state index in [1.54, 1.807) is 30.3 Å². The van der Waals surface area contributed by atoms with E-state index in [4.69, 9.17) is 46.4 Å². The number of alkyl halides is 4. The minimum absolute atomic E-state index is 0.0376. The van der Waals surface area contributed by atoms with Crippen molar-refractivity contribution >= 4 is 46.4 Å². The van der Waals surface area contributed by atoms with E-state index in [0.717, 1.165) is 0 Å². The summed E-state index contributed by atoms with van der Waals surface area (Å²) in [5.74, 6) is -4.06. The van der Waals surface area contributed by atoms with Crippen LogP contribution in [0.5, 0.6) is 0 Å². The first-order chi connectivity index (χ1) is 8.77. The van der Waals surface area contributed by atoms with E-state index in [-0.39, 0.29) is 16.5 Å². The van der Waals surface area contributed by atoms with Crippen molar-refractivity contribution in [3.8, 4) is 0 Å². The first-order valence-corrected chi connectivity index (χ1v) is 7.15. The minimum atomic E-state index is -3.39. The number of hydrogen-bond acceptors (Lipinski definition) is 0. The lowest BCUT2D eigenvalue weighted by molar-refractivity contribution is -0.0195. The van der Waals surface area contributed by atoms with Gasteiger partial charge in [-0.15, -0.1) is 23.2 Å². The Morgan fingerprint density at radius 1 is 1.00 bits per heavy atom. The maximum atomic E-state index is 14.5. The highest BCUT2D eigenvalue weighted by atomic mass is 35.5. The van der Waals surface area contributed by atoms with Crippen molar-refractivity contribution in [3.63, 3.8) is 0 Å². The van der Waals surface area contributed by atoms with Crippen molar-refractivity contribution in [1.29, 1.82) is 0 Å². The first kappa shape index (κ1) is 13.9. The van der Waals surface area contributed by atoms with Crippen molar-refractivity contribution in [2.75, 3.05) is 0 Å². The molecule has 1 aromatic rings. The van der Waals surface area contributed by atoms with Gasteiger partial charge in [-0.2, -0.15) is 0 Å². The Morgan fingerprint density at radius 2 is 1.58 bits per heavy atom. The molecule has 6 heteroatoms. The summed E-state index contributed by atoms with van der Waals surface area (Å²) in [6.07, 6.45) is -0.0376. The summed E-state index contributed by atoms with van der Waals surface area (Å²) in [4.78, 5) is -4.07. The zero-order chi connectivity index (χ0) is 14.1. The molecule has 0 aliphatic heterocycles. The van der Waals surface area contributed by atoms with Crippen LogP contribution in [0, 0.1) is 0 Å². The molecule has 0 amide bonds. The van der Waals surface area contributed by atoms with E-state index in [0.29, 0.717) is 5.56 Å². The Morgan fingerprint density at radius 3 is 2.05 bits per heavy atom. The lowest BCUT2D eigenvalue weighted by Crippen LogP contribution is -2.45. The fourth-order valence-corrected chi connectivity index (χ4v) is 4.70. The summed E-state index contributed by atoms with van der Waals surface area (Å²) >= 11 is 24.1. The molecule has 0 radical (unpaired) electrons. The maximum Gasteiger partial charge on any atom is 0.296 e. The van der Waals surface area contributed by atoms with E-state index < -0.39 is 21.6 Å². The van der Waals surface area contributed by atoms with Crippen molar-refractivity contribution in [3.05, 3.63) is 46.0 Å². The largest absolute Gasteiger partial charge is 0.296 e. The Bertz CT molecular complexity index is 571. The molecular weight excluding hydrogens is 336 g/mol. The van der Waals surface area contributed by atoms with Gasteiger partial charge in [0.25, 0.3) is 5.92 Å². The number of benzene rings is 1. The van der Waals surface area contributed by atoms with E-state index in [2.05, 4.69) is 0 Å². The average Bonchev–Trinajstić information content (AvgIpc) is 2.62. The smallest absolute Gasteiger partial charge is 0.202 e. The van der Waals surface area contributed by atoms with Crippen LogP contribution in [0.25, 0.3) is 0 Å². The molecular formula is C13H8Cl4F2. The second-order valence-corrected chi connectivity index (χ2v) is 6.88. The lowest BCUT2D eigenvalue weighted by Gasteiger charge is -2.31. The molecule has 1 aromatic carbocycles. The quantitative estimate of drug-likeness (QED) is 0.593. The summed E-state index contributed by atoms with van der Waals surface area (Å²) in [6, 6.07) is 8.81. The van der Waals surface area contributed by atoms with Crippen LogP contribution in [0.3, 0.4) is 0 Å². The first-order valence-electron chi connectivity index (χ1n) is 5.63. The normalized spacial score (nSPS) is 40.0. The topological polar surface area (TPSA) is 0 Å². The van der Waals surface area contributed by atoms with Crippen LogP contribution in [0.1, 0.15) is 17.9 Å². The van der Waals surface area contributed by atoms with Gasteiger partial charge in [0.1, 0.15) is 4.87 Å². The molecule has 0 saturated heterocycles. The van der Waals surface area contributed by atoms with Gasteiger partial charge in [0.2, 0.25) is 0 Å². The standard InChI is InChI=1S/C13H8Cl4F2/c14-9-10(15)12(17)8(7-4-2-1-3-5-7)6-11(9,16)13(12,18)19/h1-5,8H,6H2/t8-,11-,12+/m1/s1. The van der Waals surface area contributed by atoms with Gasteiger partial charge in [-0.05, 0) is 12.0 Å². The molecule has 2 bridgehead atoms. The molecule has 0 N–H and O–H groups in total. The number of halogens is 6. The molecule has 0 nitrogen and oxygen atoms in total. The Hall–Kier alpha value is -0.0200. The Kier molecular flexibility index (Phi) is 2.94. The van der Waals surface area contributed by atoms with Crippen molar-refractivity contribution in [2.24, 2.45) is 0 Å². The molecule has 19 heavy (non-hydrogen) atoms. The van der Waals surface area contributed by atoms with Crippen LogP contribution in [0.2, 0.25) is 0 Å². The summed E-state index contributed by atoms with van der Waals surface area (Å²) in [6.45, 7) is 0. The van der Waals surface area contributed by atoms with Gasteiger partial charge >= 0.3 is 0 Å². The molecule has 0 unspecified atom stereocenters. The van der Waals surface area contributed by atoms with Gasteiger partial charge in [-0.1, -0.05) is 53.5 Å². The third-order valence-electron chi connectivity index (χ3n) is 3.98. The predicted molar refractivity (Wildman–Crippen MR) is 74.6 cm³/mol. The summed E-state index contributed by atoms with van der Waals surface area (Å²) < 4.78 is 29.0. The SMILES string of the molecule is FC1(F)[C@@]2(Cl)C[C@H](c3ccccc3)[C@]1(Cl)C(Cl)=C2Cl. The van der Waals surface area contributed by atoms with E-state index >= 15 is 0 Å². The number of allylic oxidation sites excluding steroid dienone is 2. The second kappa shape index (κ2) is 4.00. The maximum absolute atomic E-state index is 14.5. The minimum Gasteiger partial charge on any atom is -0.202 e. The van der Waals surface area contributed by atoms with Crippen molar-refractivity contribution in [2.45, 2.75) is 28.0 Å². The third kappa shape index (κ3) is 1.41. The number of rotatable bonds is 1. The molecule has 2 aliphatic carbocycles. The van der Waals surface area contributed by atoms with Crippen molar-refractivity contribution in [1.82, 2.24) is 0 Å². The van der Waals surface area contributed by atoms with Crippen LogP contribution < -0.4 is 0 Å². The van der Waals surface area contributed by atoms with E-state index in [9.17, 15) is 8.78 Å². The van der Waals surface area contributed by atoms with Gasteiger partial charge in [0.15, 0.2) is 4.87 Å². The molecule has 0 aromatic heterocycles.